The van der Waals surface area contributed by atoms with E-state index in [0.717, 1.165) is 27.1 Å². The summed E-state index contributed by atoms with van der Waals surface area (Å²) in [5.41, 5.74) is 9.94. The Morgan fingerprint density at radius 2 is 1.63 bits per heavy atom. The van der Waals surface area contributed by atoms with Crippen LogP contribution >= 0.6 is 15.9 Å². The van der Waals surface area contributed by atoms with Crippen molar-refractivity contribution < 1.29 is 4.79 Å². The molecule has 5 heteroatoms. The quantitative estimate of drug-likeness (QED) is 0.452. The number of hydrogen-bond donors (Lipinski definition) is 1. The first-order valence-corrected chi connectivity index (χ1v) is 9.51. The van der Waals surface area contributed by atoms with Crippen LogP contribution in [0.15, 0.2) is 58.1 Å². The molecule has 1 aromatic heterocycles. The van der Waals surface area contributed by atoms with Crippen LogP contribution in [0.1, 0.15) is 38.4 Å². The van der Waals surface area contributed by atoms with Crippen molar-refractivity contribution in [3.8, 4) is 5.69 Å². The van der Waals surface area contributed by atoms with Gasteiger partial charge in [0.05, 0.1) is 6.21 Å². The Morgan fingerprint density at radius 1 is 1.00 bits per heavy atom. The summed E-state index contributed by atoms with van der Waals surface area (Å²) in [7, 11) is 0. The summed E-state index contributed by atoms with van der Waals surface area (Å²) in [5.74, 6) is -0.234. The van der Waals surface area contributed by atoms with Gasteiger partial charge in [-0.05, 0) is 81.3 Å². The van der Waals surface area contributed by atoms with Gasteiger partial charge in [0.15, 0.2) is 0 Å². The SMILES string of the molecule is Cc1cc(C)cc(-n2c(C)cc(/C=N/NC(=O)c3ccc(Br)cc3)c2C)c1. The molecule has 3 rings (SSSR count). The lowest BCUT2D eigenvalue weighted by Crippen LogP contribution is -2.17. The zero-order chi connectivity index (χ0) is 19.6. The fourth-order valence-corrected chi connectivity index (χ4v) is 3.49. The van der Waals surface area contributed by atoms with Gasteiger partial charge >= 0.3 is 0 Å². The predicted octanol–water partition coefficient (Wildman–Crippen LogP) is 5.24. The largest absolute Gasteiger partial charge is 0.318 e. The Bertz CT molecular complexity index is 997. The molecule has 0 bridgehead atoms. The van der Waals surface area contributed by atoms with E-state index in [0.29, 0.717) is 5.56 Å². The summed E-state index contributed by atoms with van der Waals surface area (Å²) in [4.78, 5) is 12.2. The van der Waals surface area contributed by atoms with E-state index in [4.69, 9.17) is 0 Å². The molecule has 0 saturated carbocycles. The topological polar surface area (TPSA) is 46.4 Å². The summed E-state index contributed by atoms with van der Waals surface area (Å²) in [6.07, 6.45) is 1.69. The predicted molar refractivity (Wildman–Crippen MR) is 114 cm³/mol. The number of rotatable bonds is 4. The molecule has 0 aliphatic rings. The molecule has 0 radical (unpaired) electrons. The number of halogens is 1. The van der Waals surface area contributed by atoms with E-state index in [1.165, 1.54) is 11.1 Å². The summed E-state index contributed by atoms with van der Waals surface area (Å²) in [6.45, 7) is 8.33. The Labute approximate surface area is 168 Å². The minimum Gasteiger partial charge on any atom is -0.318 e. The van der Waals surface area contributed by atoms with E-state index < -0.39 is 0 Å². The van der Waals surface area contributed by atoms with Crippen LogP contribution in [0.3, 0.4) is 0 Å². The van der Waals surface area contributed by atoms with E-state index in [2.05, 4.69) is 83.0 Å². The maximum atomic E-state index is 12.2. The summed E-state index contributed by atoms with van der Waals surface area (Å²) in [5, 5.41) is 4.13. The zero-order valence-corrected chi connectivity index (χ0v) is 17.5. The standard InChI is InChI=1S/C22H22BrN3O/c1-14-9-15(2)11-21(10-14)26-16(3)12-19(17(26)4)13-24-25-22(27)18-5-7-20(23)8-6-18/h5-13H,1-4H3,(H,25,27)/b24-13+. The highest BCUT2D eigenvalue weighted by atomic mass is 79.9. The van der Waals surface area contributed by atoms with Gasteiger partial charge < -0.3 is 4.57 Å². The molecule has 0 unspecified atom stereocenters. The molecule has 4 nitrogen and oxygen atoms in total. The second-order valence-electron chi connectivity index (χ2n) is 6.71. The fourth-order valence-electron chi connectivity index (χ4n) is 3.22. The molecule has 2 aromatic carbocycles. The van der Waals surface area contributed by atoms with Crippen molar-refractivity contribution in [1.29, 1.82) is 0 Å². The number of carbonyl (C=O) groups excluding carboxylic acids is 1. The van der Waals surface area contributed by atoms with E-state index in [1.54, 1.807) is 18.3 Å². The Kier molecular flexibility index (Phi) is 5.61. The third kappa shape index (κ3) is 4.37. The summed E-state index contributed by atoms with van der Waals surface area (Å²) in [6, 6.07) is 15.7. The fraction of sp³-hybridized carbons (Fsp3) is 0.182. The van der Waals surface area contributed by atoms with E-state index >= 15 is 0 Å². The molecular formula is C22H22BrN3O. The maximum Gasteiger partial charge on any atom is 0.271 e. The van der Waals surface area contributed by atoms with Crippen molar-refractivity contribution in [1.82, 2.24) is 9.99 Å². The third-order valence-electron chi connectivity index (χ3n) is 4.41. The normalized spacial score (nSPS) is 11.1. The van der Waals surface area contributed by atoms with Crippen LogP contribution in [-0.2, 0) is 0 Å². The van der Waals surface area contributed by atoms with Crippen molar-refractivity contribution in [2.45, 2.75) is 27.7 Å². The molecule has 0 saturated heterocycles. The highest BCUT2D eigenvalue weighted by molar-refractivity contribution is 9.10. The van der Waals surface area contributed by atoms with Gasteiger partial charge in [-0.25, -0.2) is 5.43 Å². The molecule has 1 heterocycles. The second-order valence-corrected chi connectivity index (χ2v) is 7.63. The van der Waals surface area contributed by atoms with Crippen molar-refractivity contribution in [3.63, 3.8) is 0 Å². The number of amides is 1. The van der Waals surface area contributed by atoms with Gasteiger partial charge in [0.1, 0.15) is 0 Å². The smallest absolute Gasteiger partial charge is 0.271 e. The van der Waals surface area contributed by atoms with Crippen LogP contribution in [0.5, 0.6) is 0 Å². The number of nitrogens with one attached hydrogen (secondary N) is 1. The summed E-state index contributed by atoms with van der Waals surface area (Å²) >= 11 is 3.36. The number of benzene rings is 2. The van der Waals surface area contributed by atoms with Crippen molar-refractivity contribution >= 4 is 28.1 Å². The number of hydrogen-bond acceptors (Lipinski definition) is 2. The molecule has 1 amide bonds. The minimum atomic E-state index is -0.234. The van der Waals surface area contributed by atoms with Crippen LogP contribution in [0.2, 0.25) is 0 Å². The van der Waals surface area contributed by atoms with Gasteiger partial charge in [-0.15, -0.1) is 0 Å². The maximum absolute atomic E-state index is 12.2. The van der Waals surface area contributed by atoms with E-state index in [1.807, 2.05) is 12.1 Å². The molecule has 0 aliphatic carbocycles. The number of hydrazone groups is 1. The molecule has 27 heavy (non-hydrogen) atoms. The van der Waals surface area contributed by atoms with Crippen LogP contribution in [0.4, 0.5) is 0 Å². The number of aryl methyl sites for hydroxylation is 3. The van der Waals surface area contributed by atoms with Crippen LogP contribution in [-0.4, -0.2) is 16.7 Å². The van der Waals surface area contributed by atoms with Crippen LogP contribution in [0, 0.1) is 27.7 Å². The lowest BCUT2D eigenvalue weighted by molar-refractivity contribution is 0.0955. The van der Waals surface area contributed by atoms with Gasteiger partial charge in [-0.1, -0.05) is 22.0 Å². The Hall–Kier alpha value is -2.66. The molecule has 138 valence electrons. The second kappa shape index (κ2) is 7.92. The average Bonchev–Trinajstić information content (AvgIpc) is 2.88. The molecule has 0 aliphatic heterocycles. The first kappa shape index (κ1) is 19.1. The zero-order valence-electron chi connectivity index (χ0n) is 15.9. The van der Waals surface area contributed by atoms with Crippen molar-refractivity contribution in [2.75, 3.05) is 0 Å². The third-order valence-corrected chi connectivity index (χ3v) is 4.94. The van der Waals surface area contributed by atoms with Gasteiger partial charge in [0, 0.05) is 32.7 Å². The van der Waals surface area contributed by atoms with Gasteiger partial charge in [-0.3, -0.25) is 4.79 Å². The molecule has 0 atom stereocenters. The van der Waals surface area contributed by atoms with Gasteiger partial charge in [-0.2, -0.15) is 5.10 Å². The van der Waals surface area contributed by atoms with Gasteiger partial charge in [0.25, 0.3) is 5.91 Å². The highest BCUT2D eigenvalue weighted by Gasteiger charge is 2.10. The minimum absolute atomic E-state index is 0.234. The Morgan fingerprint density at radius 3 is 2.26 bits per heavy atom. The van der Waals surface area contributed by atoms with Crippen LogP contribution < -0.4 is 5.43 Å². The van der Waals surface area contributed by atoms with Crippen molar-refractivity contribution in [3.05, 3.63) is 86.6 Å². The lowest BCUT2D eigenvalue weighted by atomic mass is 10.1. The Balaban J connectivity index is 1.81. The molecular weight excluding hydrogens is 402 g/mol. The summed E-state index contributed by atoms with van der Waals surface area (Å²) < 4.78 is 3.14. The van der Waals surface area contributed by atoms with E-state index in [-0.39, 0.29) is 5.91 Å². The number of aromatic nitrogens is 1. The van der Waals surface area contributed by atoms with Crippen LogP contribution in [0.25, 0.3) is 5.69 Å². The lowest BCUT2D eigenvalue weighted by Gasteiger charge is -2.11. The molecule has 3 aromatic rings. The monoisotopic (exact) mass is 423 g/mol. The molecule has 1 N–H and O–H groups in total. The highest BCUT2D eigenvalue weighted by Crippen LogP contribution is 2.22. The average molecular weight is 424 g/mol. The number of nitrogens with zero attached hydrogens (tertiary/aromatic N) is 2. The van der Waals surface area contributed by atoms with Crippen molar-refractivity contribution in [2.24, 2.45) is 5.10 Å². The molecule has 0 spiro atoms. The first-order chi connectivity index (χ1) is 12.8. The van der Waals surface area contributed by atoms with E-state index in [9.17, 15) is 4.79 Å². The molecule has 0 fully saturated rings. The first-order valence-electron chi connectivity index (χ1n) is 8.72. The number of carbonyl (C=O) groups is 1. The van der Waals surface area contributed by atoms with Gasteiger partial charge in [0.2, 0.25) is 0 Å².